The molecule has 1 unspecified atom stereocenters. The van der Waals surface area contributed by atoms with Gasteiger partial charge in [-0.25, -0.2) is 4.98 Å². The fourth-order valence-corrected chi connectivity index (χ4v) is 3.93. The molecule has 8 heteroatoms. The fraction of sp³-hybridized carbons (Fsp3) is 0.167. The summed E-state index contributed by atoms with van der Waals surface area (Å²) in [6, 6.07) is 7.94. The summed E-state index contributed by atoms with van der Waals surface area (Å²) in [6.45, 7) is 2.50. The Morgan fingerprint density at radius 2 is 2.09 bits per heavy atom. The normalized spacial score (nSPS) is 21.0. The number of hydrogen-bond acceptors (Lipinski definition) is 7. The monoisotopic (exact) mass is 420 g/mol. The lowest BCUT2D eigenvalue weighted by Crippen LogP contribution is -2.36. The first-order chi connectivity index (χ1) is 15.6. The van der Waals surface area contributed by atoms with Crippen molar-refractivity contribution in [3.8, 4) is 6.07 Å². The number of nitrogen functional groups attached to an aromatic ring is 1. The highest BCUT2D eigenvalue weighted by atomic mass is 15.5. The molecule has 3 aromatic rings. The molecule has 0 saturated carbocycles. The van der Waals surface area contributed by atoms with E-state index in [1.54, 1.807) is 17.2 Å². The zero-order valence-corrected chi connectivity index (χ0v) is 17.5. The minimum Gasteiger partial charge on any atom is -0.382 e. The Kier molecular flexibility index (Phi) is 4.92. The lowest BCUT2D eigenvalue weighted by atomic mass is 9.95. The van der Waals surface area contributed by atoms with Gasteiger partial charge in [-0.3, -0.25) is 9.98 Å². The number of fused-ring (bicyclic) bond motifs is 1. The number of allylic oxidation sites excluding steroid dienone is 5. The standard InChI is InChI=1S/C24H20N8/c1-15-13-27-10-8-19(15)20-21(17-6-4-5-16(11-17)12-25)29-24(26)23-22(20)30-32(31-23)14-18-7-2-3-9-28-18/h2-5,7-11,13,15H,6,14H2,1H3,(H2,26,29). The zero-order chi connectivity index (χ0) is 22.1. The third-order valence-electron chi connectivity index (χ3n) is 5.46. The van der Waals surface area contributed by atoms with Crippen molar-refractivity contribution in [1.82, 2.24) is 25.0 Å². The van der Waals surface area contributed by atoms with Gasteiger partial charge in [-0.05, 0) is 47.9 Å². The van der Waals surface area contributed by atoms with Crippen LogP contribution in [0, 0.1) is 17.2 Å². The maximum atomic E-state index is 9.39. The Labute approximate surface area is 184 Å². The van der Waals surface area contributed by atoms with E-state index in [2.05, 4.69) is 28.1 Å². The molecule has 0 spiro atoms. The highest BCUT2D eigenvalue weighted by Crippen LogP contribution is 2.19. The first kappa shape index (κ1) is 19.6. The highest BCUT2D eigenvalue weighted by Gasteiger charge is 2.18. The molecule has 2 aliphatic rings. The van der Waals surface area contributed by atoms with Crippen molar-refractivity contribution in [2.75, 3.05) is 5.73 Å². The van der Waals surface area contributed by atoms with Crippen LogP contribution in [-0.2, 0) is 6.54 Å². The number of anilines is 1. The van der Waals surface area contributed by atoms with E-state index < -0.39 is 0 Å². The molecule has 32 heavy (non-hydrogen) atoms. The number of nitriles is 1. The Hall–Kier alpha value is -4.38. The van der Waals surface area contributed by atoms with Crippen LogP contribution in [0.5, 0.6) is 0 Å². The molecule has 2 N–H and O–H groups in total. The molecule has 1 aliphatic carbocycles. The fourth-order valence-electron chi connectivity index (χ4n) is 3.93. The smallest absolute Gasteiger partial charge is 0.155 e. The maximum absolute atomic E-state index is 9.39. The van der Waals surface area contributed by atoms with Gasteiger partial charge in [-0.1, -0.05) is 19.1 Å². The first-order valence-corrected chi connectivity index (χ1v) is 10.3. The largest absolute Gasteiger partial charge is 0.382 e. The van der Waals surface area contributed by atoms with Crippen LogP contribution in [0.3, 0.4) is 0 Å². The maximum Gasteiger partial charge on any atom is 0.155 e. The van der Waals surface area contributed by atoms with E-state index in [1.807, 2.05) is 48.7 Å². The number of pyridine rings is 2. The third-order valence-corrected chi connectivity index (χ3v) is 5.46. The van der Waals surface area contributed by atoms with E-state index >= 15 is 0 Å². The first-order valence-electron chi connectivity index (χ1n) is 10.3. The van der Waals surface area contributed by atoms with Crippen molar-refractivity contribution in [1.29, 1.82) is 5.26 Å². The SMILES string of the molecule is CC1C=NC=CC1=c1c(=C2C=C(C#N)C=CC2)nc(N)c2nn(Cc3ccccn3)nc12. The van der Waals surface area contributed by atoms with E-state index in [4.69, 9.17) is 15.8 Å². The minimum absolute atomic E-state index is 0.0625. The summed E-state index contributed by atoms with van der Waals surface area (Å²) in [5, 5.41) is 20.4. The van der Waals surface area contributed by atoms with Crippen molar-refractivity contribution in [2.45, 2.75) is 19.9 Å². The van der Waals surface area contributed by atoms with Gasteiger partial charge in [-0.2, -0.15) is 15.2 Å². The van der Waals surface area contributed by atoms with Crippen LogP contribution in [0.2, 0.25) is 0 Å². The molecular weight excluding hydrogens is 400 g/mol. The van der Waals surface area contributed by atoms with Gasteiger partial charge in [0, 0.05) is 29.7 Å². The van der Waals surface area contributed by atoms with Crippen LogP contribution < -0.4 is 16.3 Å². The van der Waals surface area contributed by atoms with Gasteiger partial charge in [0.25, 0.3) is 0 Å². The van der Waals surface area contributed by atoms with E-state index in [9.17, 15) is 5.26 Å². The predicted molar refractivity (Wildman–Crippen MR) is 123 cm³/mol. The Morgan fingerprint density at radius 3 is 2.88 bits per heavy atom. The lowest BCUT2D eigenvalue weighted by Gasteiger charge is -2.13. The second-order valence-electron chi connectivity index (χ2n) is 7.67. The highest BCUT2D eigenvalue weighted by molar-refractivity contribution is 5.90. The predicted octanol–water partition coefficient (Wildman–Crippen LogP) is 1.80. The van der Waals surface area contributed by atoms with Gasteiger partial charge in [0.2, 0.25) is 0 Å². The molecule has 156 valence electrons. The summed E-state index contributed by atoms with van der Waals surface area (Å²) in [7, 11) is 0. The minimum atomic E-state index is 0.0625. The topological polar surface area (TPSA) is 119 Å². The van der Waals surface area contributed by atoms with Crippen molar-refractivity contribution in [2.24, 2.45) is 10.9 Å². The molecule has 0 saturated heterocycles. The van der Waals surface area contributed by atoms with Gasteiger partial charge < -0.3 is 5.73 Å². The Bertz CT molecular complexity index is 1500. The third kappa shape index (κ3) is 3.50. The van der Waals surface area contributed by atoms with Gasteiger partial charge >= 0.3 is 0 Å². The summed E-state index contributed by atoms with van der Waals surface area (Å²) in [5.74, 6) is 0.370. The summed E-state index contributed by atoms with van der Waals surface area (Å²) in [6.07, 6.45) is 13.7. The number of hydrogen-bond donors (Lipinski definition) is 1. The zero-order valence-electron chi connectivity index (χ0n) is 17.5. The molecule has 8 nitrogen and oxygen atoms in total. The van der Waals surface area contributed by atoms with Crippen LogP contribution >= 0.6 is 0 Å². The Balaban J connectivity index is 1.85. The van der Waals surface area contributed by atoms with Gasteiger partial charge in [0.1, 0.15) is 12.1 Å². The van der Waals surface area contributed by atoms with E-state index in [-0.39, 0.29) is 5.92 Å². The molecule has 0 aromatic carbocycles. The molecule has 0 amide bonds. The number of rotatable bonds is 2. The number of aromatic nitrogens is 5. The molecule has 0 radical (unpaired) electrons. The average molecular weight is 420 g/mol. The molecule has 0 fully saturated rings. The van der Waals surface area contributed by atoms with E-state index in [0.717, 1.165) is 27.4 Å². The van der Waals surface area contributed by atoms with Crippen LogP contribution in [0.4, 0.5) is 5.82 Å². The lowest BCUT2D eigenvalue weighted by molar-refractivity contribution is 0.590. The van der Waals surface area contributed by atoms with Crippen LogP contribution in [0.15, 0.2) is 65.5 Å². The van der Waals surface area contributed by atoms with Gasteiger partial charge in [0.05, 0.1) is 22.7 Å². The van der Waals surface area contributed by atoms with Crippen LogP contribution in [-0.4, -0.2) is 31.2 Å². The molecule has 4 heterocycles. The molecule has 1 aliphatic heterocycles. The summed E-state index contributed by atoms with van der Waals surface area (Å²) >= 11 is 0. The summed E-state index contributed by atoms with van der Waals surface area (Å²) < 4.78 is 0. The quantitative estimate of drug-likeness (QED) is 0.675. The van der Waals surface area contributed by atoms with Crippen molar-refractivity contribution < 1.29 is 0 Å². The second kappa shape index (κ2) is 8.04. The van der Waals surface area contributed by atoms with Crippen molar-refractivity contribution in [3.63, 3.8) is 0 Å². The number of nitrogens with zero attached hydrogens (tertiary/aromatic N) is 7. The van der Waals surface area contributed by atoms with E-state index in [0.29, 0.717) is 35.4 Å². The van der Waals surface area contributed by atoms with E-state index in [1.165, 1.54) is 0 Å². The molecule has 3 aromatic heterocycles. The molecule has 1 atom stereocenters. The number of nitrogens with two attached hydrogens (primary N) is 1. The van der Waals surface area contributed by atoms with Gasteiger partial charge in [0.15, 0.2) is 11.3 Å². The molecule has 5 rings (SSSR count). The summed E-state index contributed by atoms with van der Waals surface area (Å²) in [4.78, 5) is 15.0. The van der Waals surface area contributed by atoms with Crippen molar-refractivity contribution in [3.05, 3.63) is 76.7 Å². The Morgan fingerprint density at radius 1 is 1.22 bits per heavy atom. The molecular formula is C24H20N8. The van der Waals surface area contributed by atoms with Crippen LogP contribution in [0.25, 0.3) is 22.2 Å². The van der Waals surface area contributed by atoms with Gasteiger partial charge in [-0.15, -0.1) is 5.10 Å². The number of aliphatic imine (C=N–C) groups is 1. The molecule has 0 bridgehead atoms. The van der Waals surface area contributed by atoms with Crippen LogP contribution in [0.1, 0.15) is 19.0 Å². The van der Waals surface area contributed by atoms with Crippen molar-refractivity contribution >= 4 is 34.2 Å². The summed E-state index contributed by atoms with van der Waals surface area (Å²) in [5.41, 5.74) is 11.0. The average Bonchev–Trinajstić information content (AvgIpc) is 3.24. The second-order valence-corrected chi connectivity index (χ2v) is 7.67.